The molecule has 0 N–H and O–H groups in total. The number of benzene rings is 1. The molecule has 100 valence electrons. The van der Waals surface area contributed by atoms with Crippen molar-refractivity contribution in [2.45, 2.75) is 33.3 Å². The first kappa shape index (κ1) is 13.3. The van der Waals surface area contributed by atoms with Crippen LogP contribution in [0.5, 0.6) is 0 Å². The number of aromatic nitrogens is 1. The van der Waals surface area contributed by atoms with Crippen molar-refractivity contribution >= 4 is 5.97 Å². The molecule has 4 nitrogen and oxygen atoms in total. The van der Waals surface area contributed by atoms with Crippen LogP contribution >= 0.6 is 0 Å². The number of nitrogens with zero attached hydrogens (tertiary/aromatic N) is 1. The molecule has 0 unspecified atom stereocenters. The Labute approximate surface area is 112 Å². The summed E-state index contributed by atoms with van der Waals surface area (Å²) in [4.78, 5) is 15.1. The molecule has 1 aromatic heterocycles. The number of ether oxygens (including phenoxy) is 1. The standard InChI is InChI=1S/C15H17NO3/c1-11-14(10-18-12(2)17)16-15(19-11)9-8-13-6-4-3-5-7-13/h3-7H,8-10H2,1-2H3. The Morgan fingerprint density at radius 3 is 2.68 bits per heavy atom. The van der Waals surface area contributed by atoms with E-state index >= 15 is 0 Å². The smallest absolute Gasteiger partial charge is 0.303 e. The van der Waals surface area contributed by atoms with E-state index in [0.29, 0.717) is 17.3 Å². The molecule has 0 aliphatic carbocycles. The SMILES string of the molecule is CC(=O)OCc1nc(CCc2ccccc2)oc1C. The maximum Gasteiger partial charge on any atom is 0.303 e. The molecule has 2 aromatic rings. The average Bonchev–Trinajstić information content (AvgIpc) is 2.76. The lowest BCUT2D eigenvalue weighted by Gasteiger charge is -1.97. The molecule has 1 aromatic carbocycles. The minimum absolute atomic E-state index is 0.177. The molecule has 0 amide bonds. The van der Waals surface area contributed by atoms with Gasteiger partial charge in [0.2, 0.25) is 0 Å². The van der Waals surface area contributed by atoms with E-state index in [4.69, 9.17) is 9.15 Å². The van der Waals surface area contributed by atoms with Crippen LogP contribution in [0, 0.1) is 6.92 Å². The number of hydrogen-bond donors (Lipinski definition) is 0. The maximum atomic E-state index is 10.8. The third-order valence-corrected chi connectivity index (χ3v) is 2.82. The normalized spacial score (nSPS) is 10.4. The van der Waals surface area contributed by atoms with Crippen LogP contribution in [0.15, 0.2) is 34.7 Å². The lowest BCUT2D eigenvalue weighted by Crippen LogP contribution is -2.00. The highest BCUT2D eigenvalue weighted by Gasteiger charge is 2.10. The molecular weight excluding hydrogens is 242 g/mol. The Bertz CT molecular complexity index is 546. The number of rotatable bonds is 5. The molecule has 0 atom stereocenters. The Morgan fingerprint density at radius 2 is 2.00 bits per heavy atom. The van der Waals surface area contributed by atoms with Crippen molar-refractivity contribution in [1.29, 1.82) is 0 Å². The van der Waals surface area contributed by atoms with Crippen LogP contribution in [-0.2, 0) is 29.0 Å². The summed E-state index contributed by atoms with van der Waals surface area (Å²) in [5.74, 6) is 1.08. The summed E-state index contributed by atoms with van der Waals surface area (Å²) in [7, 11) is 0. The van der Waals surface area contributed by atoms with Gasteiger partial charge in [-0.05, 0) is 18.9 Å². The summed E-state index contributed by atoms with van der Waals surface area (Å²) in [6.45, 7) is 3.39. The van der Waals surface area contributed by atoms with Gasteiger partial charge in [-0.2, -0.15) is 0 Å². The number of esters is 1. The fourth-order valence-corrected chi connectivity index (χ4v) is 1.79. The van der Waals surface area contributed by atoms with Crippen LogP contribution in [0.25, 0.3) is 0 Å². The predicted molar refractivity (Wildman–Crippen MR) is 70.6 cm³/mol. The summed E-state index contributed by atoms with van der Waals surface area (Å²) in [5, 5.41) is 0. The molecule has 4 heteroatoms. The molecule has 1 heterocycles. The van der Waals surface area contributed by atoms with Gasteiger partial charge < -0.3 is 9.15 Å². The second-order valence-electron chi connectivity index (χ2n) is 4.38. The van der Waals surface area contributed by atoms with E-state index < -0.39 is 0 Å². The van der Waals surface area contributed by atoms with E-state index in [0.717, 1.165) is 12.8 Å². The molecule has 0 aliphatic rings. The number of hydrogen-bond acceptors (Lipinski definition) is 4. The van der Waals surface area contributed by atoms with E-state index in [2.05, 4.69) is 17.1 Å². The highest BCUT2D eigenvalue weighted by molar-refractivity contribution is 5.65. The van der Waals surface area contributed by atoms with Crippen molar-refractivity contribution < 1.29 is 13.9 Å². The third kappa shape index (κ3) is 3.95. The quantitative estimate of drug-likeness (QED) is 0.775. The van der Waals surface area contributed by atoms with Crippen LogP contribution < -0.4 is 0 Å². The zero-order valence-electron chi connectivity index (χ0n) is 11.2. The number of aryl methyl sites for hydroxylation is 3. The lowest BCUT2D eigenvalue weighted by atomic mass is 10.1. The average molecular weight is 259 g/mol. The van der Waals surface area contributed by atoms with E-state index in [-0.39, 0.29) is 12.6 Å². The first-order chi connectivity index (χ1) is 9.15. The van der Waals surface area contributed by atoms with Gasteiger partial charge in [-0.1, -0.05) is 30.3 Å². The van der Waals surface area contributed by atoms with Gasteiger partial charge in [0, 0.05) is 13.3 Å². The molecule has 0 bridgehead atoms. The second kappa shape index (κ2) is 6.18. The molecule has 0 aliphatic heterocycles. The van der Waals surface area contributed by atoms with Gasteiger partial charge in [0.05, 0.1) is 0 Å². The number of carbonyl (C=O) groups excluding carboxylic acids is 1. The topological polar surface area (TPSA) is 52.3 Å². The minimum atomic E-state index is -0.312. The summed E-state index contributed by atoms with van der Waals surface area (Å²) in [6, 6.07) is 10.2. The molecule has 0 saturated carbocycles. The largest absolute Gasteiger partial charge is 0.459 e. The second-order valence-corrected chi connectivity index (χ2v) is 4.38. The highest BCUT2D eigenvalue weighted by Crippen LogP contribution is 2.13. The lowest BCUT2D eigenvalue weighted by molar-refractivity contribution is -0.142. The van der Waals surface area contributed by atoms with Crippen LogP contribution in [0.4, 0.5) is 0 Å². The molecule has 0 radical (unpaired) electrons. The molecule has 0 saturated heterocycles. The van der Waals surface area contributed by atoms with Crippen molar-refractivity contribution in [3.8, 4) is 0 Å². The Balaban J connectivity index is 1.94. The van der Waals surface area contributed by atoms with Crippen LogP contribution in [0.1, 0.15) is 29.8 Å². The van der Waals surface area contributed by atoms with Gasteiger partial charge >= 0.3 is 5.97 Å². The van der Waals surface area contributed by atoms with Crippen LogP contribution in [-0.4, -0.2) is 11.0 Å². The predicted octanol–water partition coefficient (Wildman–Crippen LogP) is 2.83. The number of oxazole rings is 1. The van der Waals surface area contributed by atoms with Crippen molar-refractivity contribution in [1.82, 2.24) is 4.98 Å². The molecule has 0 spiro atoms. The van der Waals surface area contributed by atoms with Crippen LogP contribution in [0.3, 0.4) is 0 Å². The van der Waals surface area contributed by atoms with Crippen molar-refractivity contribution in [3.63, 3.8) is 0 Å². The molecule has 2 rings (SSSR count). The van der Waals surface area contributed by atoms with Gasteiger partial charge in [0.25, 0.3) is 0 Å². The van der Waals surface area contributed by atoms with Gasteiger partial charge in [0.15, 0.2) is 5.89 Å². The van der Waals surface area contributed by atoms with Gasteiger partial charge in [-0.15, -0.1) is 0 Å². The van der Waals surface area contributed by atoms with Crippen molar-refractivity contribution in [2.24, 2.45) is 0 Å². The van der Waals surface area contributed by atoms with E-state index in [9.17, 15) is 4.79 Å². The van der Waals surface area contributed by atoms with Crippen molar-refractivity contribution in [2.75, 3.05) is 0 Å². The van der Waals surface area contributed by atoms with Gasteiger partial charge in [0.1, 0.15) is 18.1 Å². The Kier molecular flexibility index (Phi) is 4.34. The monoisotopic (exact) mass is 259 g/mol. The van der Waals surface area contributed by atoms with Crippen molar-refractivity contribution in [3.05, 3.63) is 53.2 Å². The minimum Gasteiger partial charge on any atom is -0.459 e. The third-order valence-electron chi connectivity index (χ3n) is 2.82. The first-order valence-electron chi connectivity index (χ1n) is 6.27. The summed E-state index contributed by atoms with van der Waals surface area (Å²) >= 11 is 0. The first-order valence-corrected chi connectivity index (χ1v) is 6.27. The van der Waals surface area contributed by atoms with E-state index in [1.54, 1.807) is 0 Å². The summed E-state index contributed by atoms with van der Waals surface area (Å²) in [5.41, 5.74) is 1.94. The number of carbonyl (C=O) groups is 1. The maximum absolute atomic E-state index is 10.8. The highest BCUT2D eigenvalue weighted by atomic mass is 16.5. The fourth-order valence-electron chi connectivity index (χ4n) is 1.79. The fraction of sp³-hybridized carbons (Fsp3) is 0.333. The van der Waals surface area contributed by atoms with Gasteiger partial charge in [-0.3, -0.25) is 4.79 Å². The molecule has 19 heavy (non-hydrogen) atoms. The zero-order chi connectivity index (χ0) is 13.7. The molecular formula is C15H17NO3. The molecule has 0 fully saturated rings. The van der Waals surface area contributed by atoms with E-state index in [1.165, 1.54) is 12.5 Å². The Morgan fingerprint density at radius 1 is 1.26 bits per heavy atom. The zero-order valence-corrected chi connectivity index (χ0v) is 11.2. The Hall–Kier alpha value is -2.10. The summed E-state index contributed by atoms with van der Waals surface area (Å²) in [6.07, 6.45) is 1.62. The summed E-state index contributed by atoms with van der Waals surface area (Å²) < 4.78 is 10.5. The van der Waals surface area contributed by atoms with Gasteiger partial charge in [-0.25, -0.2) is 4.98 Å². The van der Waals surface area contributed by atoms with E-state index in [1.807, 2.05) is 25.1 Å². The van der Waals surface area contributed by atoms with Crippen LogP contribution in [0.2, 0.25) is 0 Å².